The van der Waals surface area contributed by atoms with Gasteiger partial charge in [0.25, 0.3) is 0 Å². The highest BCUT2D eigenvalue weighted by Gasteiger charge is 2.01. The molecule has 0 aromatic carbocycles. The number of carbonyl (C=O) groups excluding carboxylic acids is 4. The van der Waals surface area contributed by atoms with Crippen LogP contribution in [0.25, 0.3) is 0 Å². The number of rotatable bonds is 7. The highest BCUT2D eigenvalue weighted by atomic mass is 16.5. The van der Waals surface area contributed by atoms with Gasteiger partial charge in [0.2, 0.25) is 6.41 Å². The molecule has 24 heavy (non-hydrogen) atoms. The molecule has 0 aliphatic heterocycles. The van der Waals surface area contributed by atoms with Crippen LogP contribution in [-0.4, -0.2) is 51.2 Å². The van der Waals surface area contributed by atoms with Gasteiger partial charge in [-0.1, -0.05) is 13.2 Å². The van der Waals surface area contributed by atoms with Crippen LogP contribution >= 0.6 is 0 Å². The summed E-state index contributed by atoms with van der Waals surface area (Å²) in [5, 5.41) is 4.52. The lowest BCUT2D eigenvalue weighted by molar-refractivity contribution is -0.139. The summed E-state index contributed by atoms with van der Waals surface area (Å²) in [7, 11) is 1.56. The SMILES string of the molecule is C=C(C)C(=O)OCC.C=C(C)C(=O)OCCNC(N)=O.CNC=O. The van der Waals surface area contributed by atoms with Gasteiger partial charge in [0.15, 0.2) is 0 Å². The van der Waals surface area contributed by atoms with Crippen molar-refractivity contribution in [3.05, 3.63) is 24.3 Å². The molecular weight excluding hydrogens is 318 g/mol. The van der Waals surface area contributed by atoms with E-state index in [1.54, 1.807) is 27.8 Å². The Morgan fingerprint density at radius 1 is 1.08 bits per heavy atom. The quantitative estimate of drug-likeness (QED) is 0.262. The molecule has 0 atom stereocenters. The maximum absolute atomic E-state index is 10.7. The molecule has 0 aliphatic rings. The van der Waals surface area contributed by atoms with Gasteiger partial charge in [-0.25, -0.2) is 14.4 Å². The van der Waals surface area contributed by atoms with Gasteiger partial charge in [-0.3, -0.25) is 4.79 Å². The number of primary amides is 1. The van der Waals surface area contributed by atoms with Crippen molar-refractivity contribution in [2.45, 2.75) is 20.8 Å². The molecule has 0 aromatic heterocycles. The Morgan fingerprint density at radius 3 is 1.75 bits per heavy atom. The van der Waals surface area contributed by atoms with E-state index in [4.69, 9.17) is 10.5 Å². The molecule has 0 aliphatic carbocycles. The predicted molar refractivity (Wildman–Crippen MR) is 89.9 cm³/mol. The Morgan fingerprint density at radius 2 is 1.50 bits per heavy atom. The monoisotopic (exact) mass is 345 g/mol. The van der Waals surface area contributed by atoms with Crippen LogP contribution in [-0.2, 0) is 23.9 Å². The lowest BCUT2D eigenvalue weighted by Gasteiger charge is -2.03. The van der Waals surface area contributed by atoms with Crippen molar-refractivity contribution in [1.29, 1.82) is 0 Å². The fourth-order valence-electron chi connectivity index (χ4n) is 0.695. The van der Waals surface area contributed by atoms with Crippen LogP contribution in [0, 0.1) is 0 Å². The second-order valence-corrected chi connectivity index (χ2v) is 4.11. The molecule has 0 bridgehead atoms. The molecule has 0 heterocycles. The predicted octanol–water partition coefficient (Wildman–Crippen LogP) is 0.262. The largest absolute Gasteiger partial charge is 0.463 e. The summed E-state index contributed by atoms with van der Waals surface area (Å²) in [4.78, 5) is 40.3. The van der Waals surface area contributed by atoms with Crippen LogP contribution < -0.4 is 16.4 Å². The molecule has 0 saturated heterocycles. The molecule has 138 valence electrons. The minimum atomic E-state index is -0.638. The number of ether oxygens (including phenoxy) is 2. The van der Waals surface area contributed by atoms with Gasteiger partial charge >= 0.3 is 18.0 Å². The third-order valence-electron chi connectivity index (χ3n) is 1.72. The van der Waals surface area contributed by atoms with E-state index >= 15 is 0 Å². The zero-order chi connectivity index (χ0) is 19.5. The summed E-state index contributed by atoms with van der Waals surface area (Å²) in [5.74, 6) is -0.784. The van der Waals surface area contributed by atoms with Crippen LogP contribution in [0.3, 0.4) is 0 Å². The van der Waals surface area contributed by atoms with Crippen molar-refractivity contribution in [2.75, 3.05) is 26.8 Å². The van der Waals surface area contributed by atoms with E-state index in [1.165, 1.54) is 0 Å². The number of carbonyl (C=O) groups is 4. The Bertz CT molecular complexity index is 435. The van der Waals surface area contributed by atoms with E-state index in [2.05, 4.69) is 33.3 Å². The van der Waals surface area contributed by atoms with Crippen molar-refractivity contribution < 1.29 is 28.7 Å². The van der Waals surface area contributed by atoms with E-state index in [0.717, 1.165) is 0 Å². The summed E-state index contributed by atoms with van der Waals surface area (Å²) in [6.07, 6.45) is 0.625. The molecule has 0 aromatic rings. The second-order valence-electron chi connectivity index (χ2n) is 4.11. The minimum Gasteiger partial charge on any atom is -0.463 e. The van der Waals surface area contributed by atoms with Gasteiger partial charge in [-0.05, 0) is 20.8 Å². The maximum Gasteiger partial charge on any atom is 0.333 e. The average Bonchev–Trinajstić information content (AvgIpc) is 2.52. The first-order valence-electron chi connectivity index (χ1n) is 6.93. The molecule has 0 fully saturated rings. The average molecular weight is 345 g/mol. The summed E-state index contributed by atoms with van der Waals surface area (Å²) < 4.78 is 9.21. The first-order chi connectivity index (χ1) is 11.1. The number of nitrogens with one attached hydrogen (secondary N) is 2. The first kappa shape index (κ1) is 26.1. The highest BCUT2D eigenvalue weighted by Crippen LogP contribution is 1.90. The van der Waals surface area contributed by atoms with Gasteiger partial charge in [-0.15, -0.1) is 0 Å². The second kappa shape index (κ2) is 18.2. The van der Waals surface area contributed by atoms with E-state index in [1.807, 2.05) is 0 Å². The van der Waals surface area contributed by atoms with E-state index < -0.39 is 12.0 Å². The molecule has 0 spiro atoms. The van der Waals surface area contributed by atoms with Gasteiger partial charge in [0.05, 0.1) is 13.2 Å². The molecule has 0 saturated carbocycles. The Kier molecular flexibility index (Phi) is 19.8. The van der Waals surface area contributed by atoms with Crippen molar-refractivity contribution in [2.24, 2.45) is 5.73 Å². The fourth-order valence-corrected chi connectivity index (χ4v) is 0.695. The van der Waals surface area contributed by atoms with Gasteiger partial charge < -0.3 is 25.8 Å². The zero-order valence-electron chi connectivity index (χ0n) is 14.6. The third kappa shape index (κ3) is 24.2. The van der Waals surface area contributed by atoms with Crippen LogP contribution in [0.15, 0.2) is 24.3 Å². The van der Waals surface area contributed by atoms with Crippen LogP contribution in [0.5, 0.6) is 0 Å². The summed E-state index contributed by atoms with van der Waals surface area (Å²) in [6.45, 7) is 12.5. The lowest BCUT2D eigenvalue weighted by Crippen LogP contribution is -2.32. The topological polar surface area (TPSA) is 137 Å². The molecule has 3 amide bonds. The molecule has 0 unspecified atom stereocenters. The Balaban J connectivity index is -0.000000316. The van der Waals surface area contributed by atoms with Crippen molar-refractivity contribution in [3.63, 3.8) is 0 Å². The molecular formula is C15H27N3O6. The number of urea groups is 1. The third-order valence-corrected chi connectivity index (χ3v) is 1.72. The number of hydrogen-bond donors (Lipinski definition) is 3. The fraction of sp³-hybridized carbons (Fsp3) is 0.467. The molecule has 0 rings (SSSR count). The van der Waals surface area contributed by atoms with Gasteiger partial charge in [0.1, 0.15) is 6.61 Å². The standard InChI is InChI=1S/C7H12N2O3.C6H10O2.C2H5NO/c1-5(2)6(10)12-4-3-9-7(8)11;1-4-8-6(7)5(2)3;1-3-2-4/h1,3-4H2,2H3,(H3,8,9,11);2,4H2,1,3H3;2H,1H3,(H,3,4). The Hall–Kier alpha value is -2.84. The molecule has 9 heteroatoms. The number of hydrogen-bond acceptors (Lipinski definition) is 6. The molecule has 9 nitrogen and oxygen atoms in total. The van der Waals surface area contributed by atoms with Crippen LogP contribution in [0.4, 0.5) is 4.79 Å². The first-order valence-corrected chi connectivity index (χ1v) is 6.93. The van der Waals surface area contributed by atoms with E-state index in [-0.39, 0.29) is 19.1 Å². The smallest absolute Gasteiger partial charge is 0.333 e. The summed E-state index contributed by atoms with van der Waals surface area (Å²) in [6, 6.07) is -0.638. The van der Waals surface area contributed by atoms with Crippen molar-refractivity contribution >= 4 is 24.4 Å². The Labute approximate surface area is 142 Å². The summed E-state index contributed by atoms with van der Waals surface area (Å²) >= 11 is 0. The van der Waals surface area contributed by atoms with Gasteiger partial charge in [-0.2, -0.15) is 0 Å². The van der Waals surface area contributed by atoms with E-state index in [0.29, 0.717) is 24.2 Å². The van der Waals surface area contributed by atoms with Crippen LogP contribution in [0.1, 0.15) is 20.8 Å². The molecule has 4 N–H and O–H groups in total. The highest BCUT2D eigenvalue weighted by molar-refractivity contribution is 5.87. The molecule has 0 radical (unpaired) electrons. The summed E-state index contributed by atoms with van der Waals surface area (Å²) in [5.41, 5.74) is 5.54. The van der Waals surface area contributed by atoms with E-state index in [9.17, 15) is 14.4 Å². The normalized spacial score (nSPS) is 8.00. The maximum atomic E-state index is 10.7. The number of nitrogens with two attached hydrogens (primary N) is 1. The number of amides is 3. The zero-order valence-corrected chi connectivity index (χ0v) is 14.6. The van der Waals surface area contributed by atoms with Crippen LogP contribution in [0.2, 0.25) is 0 Å². The van der Waals surface area contributed by atoms with Crippen molar-refractivity contribution in [3.8, 4) is 0 Å². The number of esters is 2. The van der Waals surface area contributed by atoms with Crippen molar-refractivity contribution in [1.82, 2.24) is 10.6 Å². The minimum absolute atomic E-state index is 0.106. The van der Waals surface area contributed by atoms with Gasteiger partial charge in [0, 0.05) is 18.2 Å². The lowest BCUT2D eigenvalue weighted by atomic mass is 10.4.